The lowest BCUT2D eigenvalue weighted by Gasteiger charge is -2.30. The van der Waals surface area contributed by atoms with Gasteiger partial charge in [-0.1, -0.05) is 75.5 Å². The van der Waals surface area contributed by atoms with Crippen LogP contribution in [-0.4, -0.2) is 10.7 Å². The van der Waals surface area contributed by atoms with E-state index in [1.54, 1.807) is 0 Å². The SMILES string of the molecule is CCCC(CBr)(CBr)c1ccccc1. The molecule has 0 radical (unpaired) electrons. The van der Waals surface area contributed by atoms with Gasteiger partial charge in [0, 0.05) is 16.1 Å². The van der Waals surface area contributed by atoms with Gasteiger partial charge in [0.05, 0.1) is 0 Å². The minimum atomic E-state index is 0.260. The molecule has 0 amide bonds. The highest BCUT2D eigenvalue weighted by molar-refractivity contribution is 9.09. The number of rotatable bonds is 5. The van der Waals surface area contributed by atoms with Crippen LogP contribution in [0.25, 0.3) is 0 Å². The smallest absolute Gasteiger partial charge is 0.0147 e. The van der Waals surface area contributed by atoms with Crippen molar-refractivity contribution in [1.29, 1.82) is 0 Å². The van der Waals surface area contributed by atoms with E-state index in [1.807, 2.05) is 0 Å². The van der Waals surface area contributed by atoms with Crippen LogP contribution in [0.1, 0.15) is 25.3 Å². The monoisotopic (exact) mass is 318 g/mol. The van der Waals surface area contributed by atoms with Crippen LogP contribution >= 0.6 is 31.9 Å². The van der Waals surface area contributed by atoms with E-state index in [0.29, 0.717) is 0 Å². The maximum Gasteiger partial charge on any atom is 0.0147 e. The Balaban J connectivity index is 2.98. The van der Waals surface area contributed by atoms with Crippen molar-refractivity contribution in [2.75, 3.05) is 10.7 Å². The van der Waals surface area contributed by atoms with Crippen molar-refractivity contribution >= 4 is 31.9 Å². The molecule has 0 atom stereocenters. The fourth-order valence-corrected chi connectivity index (χ4v) is 3.88. The van der Waals surface area contributed by atoms with Crippen LogP contribution in [0.15, 0.2) is 30.3 Å². The normalized spacial score (nSPS) is 11.6. The van der Waals surface area contributed by atoms with Gasteiger partial charge in [-0.3, -0.25) is 0 Å². The van der Waals surface area contributed by atoms with E-state index in [1.165, 1.54) is 18.4 Å². The number of hydrogen-bond acceptors (Lipinski definition) is 0. The van der Waals surface area contributed by atoms with Gasteiger partial charge in [-0.25, -0.2) is 0 Å². The quantitative estimate of drug-likeness (QED) is 0.700. The van der Waals surface area contributed by atoms with E-state index in [2.05, 4.69) is 69.1 Å². The van der Waals surface area contributed by atoms with Gasteiger partial charge in [-0.2, -0.15) is 0 Å². The zero-order valence-electron chi connectivity index (χ0n) is 8.47. The van der Waals surface area contributed by atoms with Crippen molar-refractivity contribution in [3.8, 4) is 0 Å². The van der Waals surface area contributed by atoms with E-state index >= 15 is 0 Å². The Morgan fingerprint density at radius 1 is 1.07 bits per heavy atom. The van der Waals surface area contributed by atoms with Gasteiger partial charge in [0.1, 0.15) is 0 Å². The Bertz CT molecular complexity index is 252. The average Bonchev–Trinajstić information content (AvgIpc) is 2.27. The van der Waals surface area contributed by atoms with Crippen LogP contribution in [0, 0.1) is 0 Å². The van der Waals surface area contributed by atoms with Crippen LogP contribution < -0.4 is 0 Å². The molecule has 78 valence electrons. The topological polar surface area (TPSA) is 0 Å². The minimum Gasteiger partial charge on any atom is -0.0918 e. The Morgan fingerprint density at radius 2 is 1.64 bits per heavy atom. The van der Waals surface area contributed by atoms with Crippen LogP contribution in [0.5, 0.6) is 0 Å². The predicted octanol–water partition coefficient (Wildman–Crippen LogP) is 4.51. The molecule has 0 saturated heterocycles. The first-order valence-electron chi connectivity index (χ1n) is 4.96. The highest BCUT2D eigenvalue weighted by Crippen LogP contribution is 2.33. The molecular weight excluding hydrogens is 304 g/mol. The van der Waals surface area contributed by atoms with Crippen LogP contribution in [0.3, 0.4) is 0 Å². The Morgan fingerprint density at radius 3 is 2.07 bits per heavy atom. The zero-order chi connectivity index (χ0) is 10.4. The molecule has 1 rings (SSSR count). The molecule has 0 saturated carbocycles. The van der Waals surface area contributed by atoms with Crippen LogP contribution in [0.4, 0.5) is 0 Å². The first kappa shape index (κ1) is 12.3. The van der Waals surface area contributed by atoms with Crippen molar-refractivity contribution in [2.45, 2.75) is 25.2 Å². The van der Waals surface area contributed by atoms with E-state index in [-0.39, 0.29) is 5.41 Å². The lowest BCUT2D eigenvalue weighted by Crippen LogP contribution is -2.29. The summed E-state index contributed by atoms with van der Waals surface area (Å²) in [5, 5.41) is 2.03. The van der Waals surface area contributed by atoms with E-state index < -0.39 is 0 Å². The van der Waals surface area contributed by atoms with Gasteiger partial charge >= 0.3 is 0 Å². The van der Waals surface area contributed by atoms with Crippen LogP contribution in [-0.2, 0) is 5.41 Å². The zero-order valence-corrected chi connectivity index (χ0v) is 11.6. The third-order valence-electron chi connectivity index (χ3n) is 2.63. The molecule has 0 heterocycles. The number of halogens is 2. The molecular formula is C12H16Br2. The fraction of sp³-hybridized carbons (Fsp3) is 0.500. The second-order valence-electron chi connectivity index (χ2n) is 3.66. The highest BCUT2D eigenvalue weighted by atomic mass is 79.9. The molecule has 14 heavy (non-hydrogen) atoms. The number of alkyl halides is 2. The maximum atomic E-state index is 3.64. The van der Waals surface area contributed by atoms with Gasteiger partial charge in [0.25, 0.3) is 0 Å². The predicted molar refractivity (Wildman–Crippen MR) is 70.6 cm³/mol. The van der Waals surface area contributed by atoms with E-state index in [9.17, 15) is 0 Å². The van der Waals surface area contributed by atoms with E-state index in [0.717, 1.165) is 10.7 Å². The lowest BCUT2D eigenvalue weighted by molar-refractivity contribution is 0.497. The molecule has 0 bridgehead atoms. The Hall–Kier alpha value is 0.180. The third-order valence-corrected chi connectivity index (χ3v) is 4.77. The largest absolute Gasteiger partial charge is 0.0918 e. The molecule has 0 aliphatic carbocycles. The molecule has 1 aromatic carbocycles. The summed E-state index contributed by atoms with van der Waals surface area (Å²) in [7, 11) is 0. The molecule has 0 N–H and O–H groups in total. The summed E-state index contributed by atoms with van der Waals surface area (Å²) in [4.78, 5) is 0. The summed E-state index contributed by atoms with van der Waals surface area (Å²) in [5.41, 5.74) is 1.69. The second-order valence-corrected chi connectivity index (χ2v) is 4.79. The highest BCUT2D eigenvalue weighted by Gasteiger charge is 2.28. The fourth-order valence-electron chi connectivity index (χ4n) is 1.74. The second kappa shape index (κ2) is 5.92. The van der Waals surface area contributed by atoms with Gasteiger partial charge in [0.2, 0.25) is 0 Å². The standard InChI is InChI=1S/C12H16Br2/c1-2-8-12(9-13,10-14)11-6-4-3-5-7-11/h3-7H,2,8-10H2,1H3. The molecule has 0 aromatic heterocycles. The third kappa shape index (κ3) is 2.60. The molecule has 0 spiro atoms. The molecule has 0 fully saturated rings. The molecule has 2 heteroatoms. The molecule has 0 nitrogen and oxygen atoms in total. The lowest BCUT2D eigenvalue weighted by atomic mass is 9.81. The van der Waals surface area contributed by atoms with Gasteiger partial charge in [0.15, 0.2) is 0 Å². The first-order chi connectivity index (χ1) is 6.79. The summed E-state index contributed by atoms with van der Waals surface area (Å²) < 4.78 is 0. The maximum absolute atomic E-state index is 3.64. The van der Waals surface area contributed by atoms with Crippen molar-refractivity contribution in [3.05, 3.63) is 35.9 Å². The van der Waals surface area contributed by atoms with Crippen molar-refractivity contribution < 1.29 is 0 Å². The summed E-state index contributed by atoms with van der Waals surface area (Å²) in [6, 6.07) is 10.7. The Labute approximate surface area is 103 Å². The summed E-state index contributed by atoms with van der Waals surface area (Å²) in [6.45, 7) is 2.24. The Kier molecular flexibility index (Phi) is 5.18. The van der Waals surface area contributed by atoms with Gasteiger partial charge in [-0.15, -0.1) is 0 Å². The minimum absolute atomic E-state index is 0.260. The number of hydrogen-bond donors (Lipinski definition) is 0. The van der Waals surface area contributed by atoms with Crippen LogP contribution in [0.2, 0.25) is 0 Å². The number of benzene rings is 1. The van der Waals surface area contributed by atoms with Crippen molar-refractivity contribution in [1.82, 2.24) is 0 Å². The van der Waals surface area contributed by atoms with E-state index in [4.69, 9.17) is 0 Å². The molecule has 0 aliphatic heterocycles. The van der Waals surface area contributed by atoms with Gasteiger partial charge < -0.3 is 0 Å². The first-order valence-corrected chi connectivity index (χ1v) is 7.21. The summed E-state index contributed by atoms with van der Waals surface area (Å²) >= 11 is 7.28. The van der Waals surface area contributed by atoms with Crippen molar-refractivity contribution in [2.24, 2.45) is 0 Å². The molecule has 0 aliphatic rings. The molecule has 0 unspecified atom stereocenters. The van der Waals surface area contributed by atoms with Gasteiger partial charge in [-0.05, 0) is 12.0 Å². The summed E-state index contributed by atoms with van der Waals surface area (Å²) in [5.74, 6) is 0. The average molecular weight is 320 g/mol. The van der Waals surface area contributed by atoms with Crippen molar-refractivity contribution in [3.63, 3.8) is 0 Å². The summed E-state index contributed by atoms with van der Waals surface area (Å²) in [6.07, 6.45) is 2.43. The molecule has 1 aromatic rings.